The molecule has 0 unspecified atom stereocenters. The zero-order valence-corrected chi connectivity index (χ0v) is 17.3. The number of nitrogens with one attached hydrogen (secondary N) is 2. The van der Waals surface area contributed by atoms with Crippen molar-refractivity contribution >= 4 is 17.8 Å². The molecule has 1 saturated heterocycles. The van der Waals surface area contributed by atoms with Gasteiger partial charge in [0.15, 0.2) is 0 Å². The Morgan fingerprint density at radius 3 is 2.79 bits per heavy atom. The molecule has 1 spiro atoms. The lowest BCUT2D eigenvalue weighted by Crippen LogP contribution is -2.54. The second-order valence-corrected chi connectivity index (χ2v) is 9.55. The minimum Gasteiger partial charge on any atom is -0.493 e. The fourth-order valence-electron chi connectivity index (χ4n) is 5.53. The molecule has 3 atom stereocenters. The van der Waals surface area contributed by atoms with E-state index < -0.39 is 11.6 Å². The average molecular weight is 399 g/mol. The highest BCUT2D eigenvalue weighted by Crippen LogP contribution is 2.46. The third-order valence-corrected chi connectivity index (χ3v) is 6.22. The summed E-state index contributed by atoms with van der Waals surface area (Å²) in [6.45, 7) is 6.62. The quantitative estimate of drug-likeness (QED) is 0.765. The number of amides is 4. The normalized spacial score (nSPS) is 30.5. The second kappa shape index (κ2) is 7.04. The topological polar surface area (TPSA) is 87.7 Å². The number of urea groups is 1. The van der Waals surface area contributed by atoms with Crippen LogP contribution in [0.15, 0.2) is 24.3 Å². The van der Waals surface area contributed by atoms with Crippen molar-refractivity contribution in [2.24, 2.45) is 11.3 Å². The standard InChI is InChI=1S/C22H29N3O4/c1-14-10-21(2,3)13-22(11-14)19(27)25(20(28)24-22)12-18(26)23-16-8-9-29-17-7-5-4-6-15(16)17/h4-7,14,16H,8-13H2,1-3H3,(H,23,26)(H,24,28)/t14-,16-,22+/m1/s1. The number of carbonyl (C=O) groups excluding carboxylic acids is 3. The van der Waals surface area contributed by atoms with Crippen LogP contribution in [0.4, 0.5) is 4.79 Å². The van der Waals surface area contributed by atoms with E-state index in [1.165, 1.54) is 0 Å². The molecule has 7 nitrogen and oxygen atoms in total. The largest absolute Gasteiger partial charge is 0.493 e. The van der Waals surface area contributed by atoms with E-state index in [0.717, 1.165) is 22.6 Å². The molecule has 1 saturated carbocycles. The molecule has 0 bridgehead atoms. The van der Waals surface area contributed by atoms with E-state index >= 15 is 0 Å². The summed E-state index contributed by atoms with van der Waals surface area (Å²) in [5.41, 5.74) is -0.00211. The first-order valence-electron chi connectivity index (χ1n) is 10.3. The van der Waals surface area contributed by atoms with Gasteiger partial charge < -0.3 is 15.4 Å². The van der Waals surface area contributed by atoms with Gasteiger partial charge in [-0.2, -0.15) is 0 Å². The van der Waals surface area contributed by atoms with Crippen molar-refractivity contribution in [1.29, 1.82) is 0 Å². The summed E-state index contributed by atoms with van der Waals surface area (Å²) in [4.78, 5) is 39.6. The summed E-state index contributed by atoms with van der Waals surface area (Å²) in [6, 6.07) is 6.94. The molecule has 2 N–H and O–H groups in total. The van der Waals surface area contributed by atoms with Crippen LogP contribution in [0, 0.1) is 11.3 Å². The Kier molecular flexibility index (Phi) is 4.79. The number of benzene rings is 1. The van der Waals surface area contributed by atoms with Crippen LogP contribution in [0.2, 0.25) is 0 Å². The number of hydrogen-bond acceptors (Lipinski definition) is 4. The Balaban J connectivity index is 1.45. The van der Waals surface area contributed by atoms with Crippen molar-refractivity contribution in [3.8, 4) is 5.75 Å². The third-order valence-electron chi connectivity index (χ3n) is 6.22. The number of hydrogen-bond donors (Lipinski definition) is 2. The predicted molar refractivity (Wildman–Crippen MR) is 107 cm³/mol. The van der Waals surface area contributed by atoms with Crippen LogP contribution in [0.25, 0.3) is 0 Å². The van der Waals surface area contributed by atoms with Gasteiger partial charge in [-0.05, 0) is 36.7 Å². The molecule has 1 aliphatic carbocycles. The molecule has 0 radical (unpaired) electrons. The van der Waals surface area contributed by atoms with Gasteiger partial charge in [0.2, 0.25) is 5.91 Å². The highest BCUT2D eigenvalue weighted by atomic mass is 16.5. The molecule has 2 fully saturated rings. The fraction of sp³-hybridized carbons (Fsp3) is 0.591. The molecule has 1 aromatic rings. The zero-order valence-electron chi connectivity index (χ0n) is 17.3. The van der Waals surface area contributed by atoms with Crippen LogP contribution in [-0.2, 0) is 9.59 Å². The minimum atomic E-state index is -0.885. The molecule has 29 heavy (non-hydrogen) atoms. The van der Waals surface area contributed by atoms with Gasteiger partial charge in [-0.15, -0.1) is 0 Å². The van der Waals surface area contributed by atoms with Crippen molar-refractivity contribution in [2.75, 3.05) is 13.2 Å². The summed E-state index contributed by atoms with van der Waals surface area (Å²) < 4.78 is 5.63. The molecule has 2 heterocycles. The van der Waals surface area contributed by atoms with Gasteiger partial charge >= 0.3 is 6.03 Å². The number of carbonyl (C=O) groups is 3. The molecule has 1 aromatic carbocycles. The zero-order chi connectivity index (χ0) is 20.8. The maximum atomic E-state index is 13.2. The van der Waals surface area contributed by atoms with Gasteiger partial charge in [-0.1, -0.05) is 39.0 Å². The minimum absolute atomic E-state index is 0.0370. The van der Waals surface area contributed by atoms with E-state index in [4.69, 9.17) is 4.74 Å². The van der Waals surface area contributed by atoms with Crippen molar-refractivity contribution < 1.29 is 19.1 Å². The molecule has 0 aromatic heterocycles. The molecular weight excluding hydrogens is 370 g/mol. The van der Waals surface area contributed by atoms with Gasteiger partial charge in [-0.25, -0.2) is 4.79 Å². The molecule has 2 aliphatic heterocycles. The lowest BCUT2D eigenvalue weighted by atomic mass is 9.64. The number of rotatable bonds is 3. The maximum absolute atomic E-state index is 13.2. The first-order valence-corrected chi connectivity index (χ1v) is 10.3. The highest BCUT2D eigenvalue weighted by Gasteiger charge is 2.56. The van der Waals surface area contributed by atoms with Crippen LogP contribution in [0.1, 0.15) is 58.1 Å². The van der Waals surface area contributed by atoms with Crippen molar-refractivity contribution in [1.82, 2.24) is 15.5 Å². The Bertz CT molecular complexity index is 852. The van der Waals surface area contributed by atoms with E-state index in [1.807, 2.05) is 24.3 Å². The summed E-state index contributed by atoms with van der Waals surface area (Å²) >= 11 is 0. The lowest BCUT2D eigenvalue weighted by Gasteiger charge is -2.43. The van der Waals surface area contributed by atoms with E-state index in [1.54, 1.807) is 0 Å². The van der Waals surface area contributed by atoms with E-state index in [-0.39, 0.29) is 29.8 Å². The first-order chi connectivity index (χ1) is 13.7. The van der Waals surface area contributed by atoms with Crippen LogP contribution in [0.5, 0.6) is 5.75 Å². The van der Waals surface area contributed by atoms with E-state index in [9.17, 15) is 14.4 Å². The highest BCUT2D eigenvalue weighted by molar-refractivity contribution is 6.09. The average Bonchev–Trinajstić information content (AvgIpc) is 2.83. The second-order valence-electron chi connectivity index (χ2n) is 9.55. The van der Waals surface area contributed by atoms with Gasteiger partial charge in [0, 0.05) is 12.0 Å². The first kappa shape index (κ1) is 19.7. The van der Waals surface area contributed by atoms with Crippen molar-refractivity contribution in [2.45, 2.75) is 58.0 Å². The lowest BCUT2D eigenvalue weighted by molar-refractivity contribution is -0.137. The number of ether oxygens (including phenoxy) is 1. The maximum Gasteiger partial charge on any atom is 0.325 e. The Labute approximate surface area is 171 Å². The summed E-state index contributed by atoms with van der Waals surface area (Å²) in [5.74, 6) is 0.479. The summed E-state index contributed by atoms with van der Waals surface area (Å²) in [7, 11) is 0. The molecule has 4 amide bonds. The number of imide groups is 1. The Morgan fingerprint density at radius 1 is 1.28 bits per heavy atom. The van der Waals surface area contributed by atoms with Crippen LogP contribution < -0.4 is 15.4 Å². The number of para-hydroxylation sites is 1. The Hall–Kier alpha value is -2.57. The molecule has 7 heteroatoms. The van der Waals surface area contributed by atoms with Crippen LogP contribution >= 0.6 is 0 Å². The van der Waals surface area contributed by atoms with Crippen LogP contribution in [0.3, 0.4) is 0 Å². The summed E-state index contributed by atoms with van der Waals surface area (Å²) in [6.07, 6.45) is 2.88. The van der Waals surface area contributed by atoms with Gasteiger partial charge in [0.25, 0.3) is 5.91 Å². The molecular formula is C22H29N3O4. The van der Waals surface area contributed by atoms with E-state index in [2.05, 4.69) is 31.4 Å². The molecule has 3 aliphatic rings. The fourth-order valence-corrected chi connectivity index (χ4v) is 5.53. The Morgan fingerprint density at radius 2 is 2.03 bits per heavy atom. The van der Waals surface area contributed by atoms with E-state index in [0.29, 0.717) is 31.8 Å². The predicted octanol–water partition coefficient (Wildman–Crippen LogP) is 2.76. The number of nitrogens with zero attached hydrogens (tertiary/aromatic N) is 1. The van der Waals surface area contributed by atoms with Crippen LogP contribution in [-0.4, -0.2) is 41.4 Å². The third kappa shape index (κ3) is 3.70. The van der Waals surface area contributed by atoms with Gasteiger partial charge in [0.1, 0.15) is 17.8 Å². The van der Waals surface area contributed by atoms with Crippen molar-refractivity contribution in [3.05, 3.63) is 29.8 Å². The monoisotopic (exact) mass is 399 g/mol. The smallest absolute Gasteiger partial charge is 0.325 e. The molecule has 156 valence electrons. The SMILES string of the molecule is C[C@@H]1CC(C)(C)C[C@]2(C1)NC(=O)N(CC(=O)N[C@@H]1CCOc3ccccc31)C2=O. The summed E-state index contributed by atoms with van der Waals surface area (Å²) in [5, 5.41) is 5.88. The number of fused-ring (bicyclic) bond motifs is 1. The molecule has 4 rings (SSSR count). The van der Waals surface area contributed by atoms with Gasteiger partial charge in [0.05, 0.1) is 12.6 Å². The van der Waals surface area contributed by atoms with Crippen molar-refractivity contribution in [3.63, 3.8) is 0 Å². The van der Waals surface area contributed by atoms with Gasteiger partial charge in [-0.3, -0.25) is 14.5 Å².